The van der Waals surface area contributed by atoms with Crippen LogP contribution in [-0.2, 0) is 43.0 Å². The molecule has 0 radical (unpaired) electrons. The SMILES string of the molecule is COCCCOC1(OCCCOC)CCN(C(=O)CCC(=O)ON2C(=O)C=CC2=O)CC1. The lowest BCUT2D eigenvalue weighted by atomic mass is 10.0. The van der Waals surface area contributed by atoms with Crippen LogP contribution in [0, 0.1) is 0 Å². The number of nitrogens with zero attached hydrogens (tertiary/aromatic N) is 2. The van der Waals surface area contributed by atoms with E-state index in [-0.39, 0.29) is 18.7 Å². The Bertz CT molecular complexity index is 655. The fourth-order valence-corrected chi connectivity index (χ4v) is 3.34. The zero-order chi connectivity index (χ0) is 23.4. The molecule has 0 aromatic heterocycles. The van der Waals surface area contributed by atoms with E-state index in [4.69, 9.17) is 23.8 Å². The number of rotatable bonds is 14. The van der Waals surface area contributed by atoms with Crippen molar-refractivity contribution in [2.45, 2.75) is 44.3 Å². The summed E-state index contributed by atoms with van der Waals surface area (Å²) in [4.78, 5) is 53.6. The van der Waals surface area contributed by atoms with E-state index < -0.39 is 23.6 Å². The second kappa shape index (κ2) is 13.3. The van der Waals surface area contributed by atoms with Gasteiger partial charge in [-0.1, -0.05) is 5.06 Å². The molecule has 1 saturated heterocycles. The molecule has 11 nitrogen and oxygen atoms in total. The highest BCUT2D eigenvalue weighted by atomic mass is 16.7. The van der Waals surface area contributed by atoms with E-state index in [1.807, 2.05) is 0 Å². The summed E-state index contributed by atoms with van der Waals surface area (Å²) in [6.45, 7) is 3.00. The molecule has 0 atom stereocenters. The molecular weight excluding hydrogens is 424 g/mol. The molecule has 2 aliphatic rings. The van der Waals surface area contributed by atoms with Crippen LogP contribution < -0.4 is 0 Å². The van der Waals surface area contributed by atoms with Crippen molar-refractivity contribution in [3.05, 3.63) is 12.2 Å². The van der Waals surface area contributed by atoms with Crippen LogP contribution in [0.5, 0.6) is 0 Å². The third-order valence-corrected chi connectivity index (χ3v) is 5.10. The van der Waals surface area contributed by atoms with Gasteiger partial charge in [-0.25, -0.2) is 4.79 Å². The van der Waals surface area contributed by atoms with Crippen molar-refractivity contribution in [3.8, 4) is 0 Å². The number of piperidine rings is 1. The Morgan fingerprint density at radius 1 is 0.875 bits per heavy atom. The maximum Gasteiger partial charge on any atom is 0.333 e. The van der Waals surface area contributed by atoms with Gasteiger partial charge in [-0.2, -0.15) is 0 Å². The number of hydroxylamine groups is 2. The lowest BCUT2D eigenvalue weighted by Gasteiger charge is -2.41. The fourth-order valence-electron chi connectivity index (χ4n) is 3.34. The van der Waals surface area contributed by atoms with E-state index >= 15 is 0 Å². The summed E-state index contributed by atoms with van der Waals surface area (Å²) in [5, 5.41) is 0.379. The first kappa shape index (κ1) is 25.9. The zero-order valence-corrected chi connectivity index (χ0v) is 18.7. The topological polar surface area (TPSA) is 121 Å². The Morgan fingerprint density at radius 2 is 1.41 bits per heavy atom. The maximum absolute atomic E-state index is 12.5. The van der Waals surface area contributed by atoms with Gasteiger partial charge in [-0.3, -0.25) is 14.4 Å². The summed E-state index contributed by atoms with van der Waals surface area (Å²) < 4.78 is 22.2. The average Bonchev–Trinajstić information content (AvgIpc) is 3.10. The number of methoxy groups -OCH3 is 2. The van der Waals surface area contributed by atoms with Crippen molar-refractivity contribution in [2.24, 2.45) is 0 Å². The third-order valence-electron chi connectivity index (χ3n) is 5.10. The van der Waals surface area contributed by atoms with Gasteiger partial charge in [0, 0.05) is 71.9 Å². The van der Waals surface area contributed by atoms with Gasteiger partial charge in [0.1, 0.15) is 0 Å². The number of imide groups is 1. The number of likely N-dealkylation sites (tertiary alicyclic amines) is 1. The molecule has 3 amide bonds. The Morgan fingerprint density at radius 3 is 1.91 bits per heavy atom. The van der Waals surface area contributed by atoms with E-state index in [9.17, 15) is 19.2 Å². The van der Waals surface area contributed by atoms with Crippen molar-refractivity contribution in [1.29, 1.82) is 0 Å². The van der Waals surface area contributed by atoms with Crippen molar-refractivity contribution < 1.29 is 43.0 Å². The van der Waals surface area contributed by atoms with Crippen molar-refractivity contribution in [3.63, 3.8) is 0 Å². The Kier molecular flexibility index (Phi) is 10.7. The minimum atomic E-state index is -0.821. The Hall–Kier alpha value is -2.34. The molecule has 32 heavy (non-hydrogen) atoms. The summed E-state index contributed by atoms with van der Waals surface area (Å²) >= 11 is 0. The molecule has 2 heterocycles. The molecular formula is C21H32N2O9. The standard InChI is InChI=1S/C21H32N2O9/c1-28-13-3-15-30-21(31-16-4-14-29-2)9-11-22(12-10-21)17(24)7-8-20(27)32-23-18(25)5-6-19(23)26/h5-6H,3-4,7-16H2,1-2H3. The quantitative estimate of drug-likeness (QED) is 0.210. The van der Waals surface area contributed by atoms with Gasteiger partial charge in [0.2, 0.25) is 5.91 Å². The monoisotopic (exact) mass is 456 g/mol. The molecule has 11 heteroatoms. The van der Waals surface area contributed by atoms with Crippen molar-refractivity contribution >= 4 is 23.7 Å². The van der Waals surface area contributed by atoms with Crippen LogP contribution in [0.4, 0.5) is 0 Å². The lowest BCUT2D eigenvalue weighted by molar-refractivity contribution is -0.258. The highest BCUT2D eigenvalue weighted by Gasteiger charge is 2.38. The predicted octanol–water partition coefficient (Wildman–Crippen LogP) is 0.575. The second-order valence-corrected chi connectivity index (χ2v) is 7.45. The van der Waals surface area contributed by atoms with Crippen LogP contribution in [0.15, 0.2) is 12.2 Å². The highest BCUT2D eigenvalue weighted by molar-refractivity contribution is 6.12. The van der Waals surface area contributed by atoms with Gasteiger partial charge in [0.25, 0.3) is 11.8 Å². The van der Waals surface area contributed by atoms with Gasteiger partial charge < -0.3 is 28.7 Å². The number of hydrogen-bond acceptors (Lipinski definition) is 9. The molecule has 0 saturated carbocycles. The number of amides is 3. The van der Waals surface area contributed by atoms with Gasteiger partial charge in [0.05, 0.1) is 19.6 Å². The average molecular weight is 456 g/mol. The molecule has 0 N–H and O–H groups in total. The number of carbonyl (C=O) groups excluding carboxylic acids is 4. The van der Waals surface area contributed by atoms with Crippen molar-refractivity contribution in [1.82, 2.24) is 9.96 Å². The first-order chi connectivity index (χ1) is 15.4. The molecule has 2 aliphatic heterocycles. The van der Waals surface area contributed by atoms with E-state index in [2.05, 4.69) is 0 Å². The summed E-state index contributed by atoms with van der Waals surface area (Å²) in [5.74, 6) is -3.25. The van der Waals surface area contributed by atoms with Crippen LogP contribution in [0.1, 0.15) is 38.5 Å². The van der Waals surface area contributed by atoms with Gasteiger partial charge in [-0.15, -0.1) is 0 Å². The van der Waals surface area contributed by atoms with Gasteiger partial charge in [0.15, 0.2) is 5.79 Å². The Balaban J connectivity index is 1.77. The second-order valence-electron chi connectivity index (χ2n) is 7.45. The summed E-state index contributed by atoms with van der Waals surface area (Å²) in [6, 6.07) is 0. The van der Waals surface area contributed by atoms with Crippen LogP contribution in [-0.4, -0.2) is 93.2 Å². The molecule has 1 fully saturated rings. The number of carbonyl (C=O) groups is 4. The Labute approximate surface area is 187 Å². The molecule has 0 aromatic rings. The molecule has 2 rings (SSSR count). The number of hydrogen-bond donors (Lipinski definition) is 0. The van der Waals surface area contributed by atoms with Crippen LogP contribution >= 0.6 is 0 Å². The largest absolute Gasteiger partial charge is 0.385 e. The van der Waals surface area contributed by atoms with E-state index in [0.29, 0.717) is 57.4 Å². The van der Waals surface area contributed by atoms with Crippen LogP contribution in [0.25, 0.3) is 0 Å². The minimum absolute atomic E-state index is 0.0844. The molecule has 0 aromatic carbocycles. The minimum Gasteiger partial charge on any atom is -0.385 e. The molecule has 0 unspecified atom stereocenters. The summed E-state index contributed by atoms with van der Waals surface area (Å²) in [7, 11) is 3.27. The van der Waals surface area contributed by atoms with Gasteiger partial charge in [-0.05, 0) is 12.8 Å². The molecule has 0 aliphatic carbocycles. The molecule has 0 spiro atoms. The van der Waals surface area contributed by atoms with E-state index in [0.717, 1.165) is 25.0 Å². The molecule has 0 bridgehead atoms. The fraction of sp³-hybridized carbons (Fsp3) is 0.714. The van der Waals surface area contributed by atoms with Crippen LogP contribution in [0.3, 0.4) is 0 Å². The maximum atomic E-state index is 12.5. The van der Waals surface area contributed by atoms with E-state index in [1.54, 1.807) is 19.1 Å². The zero-order valence-electron chi connectivity index (χ0n) is 18.7. The number of ether oxygens (including phenoxy) is 4. The van der Waals surface area contributed by atoms with Gasteiger partial charge >= 0.3 is 5.97 Å². The third kappa shape index (κ3) is 7.97. The smallest absolute Gasteiger partial charge is 0.333 e. The first-order valence-corrected chi connectivity index (χ1v) is 10.7. The normalized spacial score (nSPS) is 17.8. The predicted molar refractivity (Wildman–Crippen MR) is 110 cm³/mol. The highest BCUT2D eigenvalue weighted by Crippen LogP contribution is 2.29. The molecule has 180 valence electrons. The summed E-state index contributed by atoms with van der Waals surface area (Å²) in [6.07, 6.45) is 4.18. The summed E-state index contributed by atoms with van der Waals surface area (Å²) in [5.41, 5.74) is 0. The van der Waals surface area contributed by atoms with Crippen molar-refractivity contribution in [2.75, 3.05) is 53.7 Å². The lowest BCUT2D eigenvalue weighted by Crippen LogP contribution is -2.50. The van der Waals surface area contributed by atoms with Crippen LogP contribution in [0.2, 0.25) is 0 Å². The van der Waals surface area contributed by atoms with E-state index in [1.165, 1.54) is 0 Å². The first-order valence-electron chi connectivity index (χ1n) is 10.7.